The first kappa shape index (κ1) is 9.07. The highest BCUT2D eigenvalue weighted by atomic mass is 14.5. The first-order valence-electron chi connectivity index (χ1n) is 4.53. The number of nitriles is 2. The van der Waals surface area contributed by atoms with Crippen molar-refractivity contribution in [3.05, 3.63) is 0 Å². The zero-order chi connectivity index (χ0) is 9.03. The van der Waals surface area contributed by atoms with E-state index in [1.165, 1.54) is 0 Å². The summed E-state index contributed by atoms with van der Waals surface area (Å²) in [4.78, 5) is 0. The van der Waals surface area contributed by atoms with Crippen molar-refractivity contribution < 1.29 is 0 Å². The summed E-state index contributed by atoms with van der Waals surface area (Å²) < 4.78 is 0. The fourth-order valence-electron chi connectivity index (χ4n) is 1.61. The summed E-state index contributed by atoms with van der Waals surface area (Å²) in [5.41, 5.74) is -0.00451. The van der Waals surface area contributed by atoms with E-state index in [9.17, 15) is 0 Å². The Hall–Kier alpha value is -1.02. The van der Waals surface area contributed by atoms with Gasteiger partial charge in [0, 0.05) is 6.42 Å². The SMILES string of the molecule is CC(CCCC#N)C1(C#N)CC1. The Labute approximate surface area is 73.8 Å². The molecule has 1 aliphatic carbocycles. The Morgan fingerprint density at radius 2 is 2.08 bits per heavy atom. The number of hydrogen-bond donors (Lipinski definition) is 0. The normalized spacial score (nSPS) is 20.6. The van der Waals surface area contributed by atoms with Gasteiger partial charge in [-0.1, -0.05) is 6.92 Å². The molecule has 0 aromatic heterocycles. The van der Waals surface area contributed by atoms with Crippen LogP contribution in [-0.2, 0) is 0 Å². The second-order valence-corrected chi connectivity index (χ2v) is 3.72. The van der Waals surface area contributed by atoms with Gasteiger partial charge in [-0.25, -0.2) is 0 Å². The first-order valence-corrected chi connectivity index (χ1v) is 4.53. The molecule has 1 rings (SSSR count). The lowest BCUT2D eigenvalue weighted by Gasteiger charge is -2.14. The summed E-state index contributed by atoms with van der Waals surface area (Å²) in [5.74, 6) is 0.482. The maximum absolute atomic E-state index is 8.87. The summed E-state index contributed by atoms with van der Waals surface area (Å²) in [6, 6.07) is 4.53. The summed E-state index contributed by atoms with van der Waals surface area (Å²) in [5, 5.41) is 17.2. The molecule has 0 heterocycles. The molecule has 12 heavy (non-hydrogen) atoms. The molecule has 0 aliphatic heterocycles. The van der Waals surface area contributed by atoms with Crippen molar-refractivity contribution in [3.63, 3.8) is 0 Å². The Bertz CT molecular complexity index is 227. The van der Waals surface area contributed by atoms with E-state index in [4.69, 9.17) is 10.5 Å². The Morgan fingerprint density at radius 3 is 2.50 bits per heavy atom. The number of rotatable bonds is 4. The van der Waals surface area contributed by atoms with Gasteiger partial charge in [-0.15, -0.1) is 0 Å². The molecule has 0 amide bonds. The van der Waals surface area contributed by atoms with Crippen molar-refractivity contribution >= 4 is 0 Å². The molecular weight excluding hydrogens is 148 g/mol. The van der Waals surface area contributed by atoms with Crippen LogP contribution in [0.25, 0.3) is 0 Å². The minimum atomic E-state index is -0.00451. The Morgan fingerprint density at radius 1 is 1.42 bits per heavy atom. The quantitative estimate of drug-likeness (QED) is 0.596. The summed E-state index contributed by atoms with van der Waals surface area (Å²) in [7, 11) is 0. The third-order valence-corrected chi connectivity index (χ3v) is 2.88. The molecule has 2 nitrogen and oxygen atoms in total. The molecule has 1 unspecified atom stereocenters. The van der Waals surface area contributed by atoms with Crippen molar-refractivity contribution in [2.75, 3.05) is 0 Å². The molecule has 64 valence electrons. The largest absolute Gasteiger partial charge is 0.198 e. The lowest BCUT2D eigenvalue weighted by molar-refractivity contribution is 0.383. The van der Waals surface area contributed by atoms with Gasteiger partial charge in [0.1, 0.15) is 0 Å². The van der Waals surface area contributed by atoms with Crippen molar-refractivity contribution in [1.29, 1.82) is 10.5 Å². The molecule has 1 aliphatic rings. The minimum absolute atomic E-state index is 0.00451. The van der Waals surface area contributed by atoms with Crippen molar-refractivity contribution in [2.45, 2.75) is 39.0 Å². The highest BCUT2D eigenvalue weighted by molar-refractivity contribution is 5.12. The lowest BCUT2D eigenvalue weighted by atomic mass is 9.88. The average Bonchev–Trinajstić information content (AvgIpc) is 2.85. The zero-order valence-electron chi connectivity index (χ0n) is 7.51. The predicted molar refractivity (Wildman–Crippen MR) is 45.9 cm³/mol. The molecule has 0 radical (unpaired) electrons. The van der Waals surface area contributed by atoms with Crippen LogP contribution in [0.2, 0.25) is 0 Å². The molecule has 2 heteroatoms. The topological polar surface area (TPSA) is 47.6 Å². The minimum Gasteiger partial charge on any atom is -0.198 e. The zero-order valence-corrected chi connectivity index (χ0v) is 7.51. The molecule has 0 spiro atoms. The van der Waals surface area contributed by atoms with Crippen LogP contribution >= 0.6 is 0 Å². The van der Waals surface area contributed by atoms with Gasteiger partial charge >= 0.3 is 0 Å². The summed E-state index contributed by atoms with van der Waals surface area (Å²) >= 11 is 0. The van der Waals surface area contributed by atoms with E-state index < -0.39 is 0 Å². The highest BCUT2D eigenvalue weighted by Crippen LogP contribution is 2.52. The monoisotopic (exact) mass is 162 g/mol. The van der Waals surface area contributed by atoms with Gasteiger partial charge in [0.25, 0.3) is 0 Å². The van der Waals surface area contributed by atoms with E-state index >= 15 is 0 Å². The van der Waals surface area contributed by atoms with Crippen LogP contribution in [0.1, 0.15) is 39.0 Å². The van der Waals surface area contributed by atoms with Crippen molar-refractivity contribution in [3.8, 4) is 12.1 Å². The fraction of sp³-hybridized carbons (Fsp3) is 0.800. The predicted octanol–water partition coefficient (Wildman–Crippen LogP) is 2.62. The average molecular weight is 162 g/mol. The van der Waals surface area contributed by atoms with Gasteiger partial charge in [0.15, 0.2) is 0 Å². The standard InChI is InChI=1S/C10H14N2/c1-9(4-2-3-7-11)10(8-12)5-6-10/h9H,2-6H2,1H3. The smallest absolute Gasteiger partial charge is 0.0692 e. The Kier molecular flexibility index (Phi) is 2.71. The van der Waals surface area contributed by atoms with Crippen LogP contribution in [-0.4, -0.2) is 0 Å². The third-order valence-electron chi connectivity index (χ3n) is 2.88. The van der Waals surface area contributed by atoms with Gasteiger partial charge in [0.2, 0.25) is 0 Å². The van der Waals surface area contributed by atoms with Crippen LogP contribution in [0, 0.1) is 34.0 Å². The second-order valence-electron chi connectivity index (χ2n) is 3.72. The van der Waals surface area contributed by atoms with E-state index in [0.717, 1.165) is 25.7 Å². The van der Waals surface area contributed by atoms with Crippen LogP contribution in [0.15, 0.2) is 0 Å². The van der Waals surface area contributed by atoms with Crippen LogP contribution in [0.4, 0.5) is 0 Å². The molecular formula is C10H14N2. The van der Waals surface area contributed by atoms with Gasteiger partial charge in [0.05, 0.1) is 17.6 Å². The number of hydrogen-bond acceptors (Lipinski definition) is 2. The van der Waals surface area contributed by atoms with E-state index in [-0.39, 0.29) is 5.41 Å². The molecule has 0 aromatic carbocycles. The first-order chi connectivity index (χ1) is 5.75. The van der Waals surface area contributed by atoms with Gasteiger partial charge in [-0.2, -0.15) is 10.5 Å². The maximum atomic E-state index is 8.87. The molecule has 1 saturated carbocycles. The molecule has 0 saturated heterocycles. The van der Waals surface area contributed by atoms with E-state index in [0.29, 0.717) is 12.3 Å². The van der Waals surface area contributed by atoms with Crippen LogP contribution in [0.3, 0.4) is 0 Å². The van der Waals surface area contributed by atoms with Gasteiger partial charge in [-0.3, -0.25) is 0 Å². The van der Waals surface area contributed by atoms with E-state index in [1.54, 1.807) is 0 Å². The molecule has 0 N–H and O–H groups in total. The number of unbranched alkanes of at least 4 members (excludes halogenated alkanes) is 1. The van der Waals surface area contributed by atoms with Gasteiger partial charge < -0.3 is 0 Å². The molecule has 1 fully saturated rings. The summed E-state index contributed by atoms with van der Waals surface area (Å²) in [6.07, 6.45) is 4.74. The number of nitrogens with zero attached hydrogens (tertiary/aromatic N) is 2. The molecule has 1 atom stereocenters. The fourth-order valence-corrected chi connectivity index (χ4v) is 1.61. The third kappa shape index (κ3) is 1.77. The van der Waals surface area contributed by atoms with Crippen molar-refractivity contribution in [2.24, 2.45) is 11.3 Å². The Balaban J connectivity index is 2.26. The molecule has 0 aromatic rings. The second kappa shape index (κ2) is 3.59. The van der Waals surface area contributed by atoms with E-state index in [1.807, 2.05) is 0 Å². The van der Waals surface area contributed by atoms with Gasteiger partial charge in [-0.05, 0) is 31.6 Å². The lowest BCUT2D eigenvalue weighted by Crippen LogP contribution is -2.09. The van der Waals surface area contributed by atoms with E-state index in [2.05, 4.69) is 19.1 Å². The summed E-state index contributed by atoms with van der Waals surface area (Å²) in [6.45, 7) is 2.13. The maximum Gasteiger partial charge on any atom is 0.0692 e. The highest BCUT2D eigenvalue weighted by Gasteiger charge is 2.47. The van der Waals surface area contributed by atoms with Crippen LogP contribution in [0.5, 0.6) is 0 Å². The van der Waals surface area contributed by atoms with Crippen molar-refractivity contribution in [1.82, 2.24) is 0 Å². The van der Waals surface area contributed by atoms with Crippen LogP contribution < -0.4 is 0 Å². The molecule has 0 bridgehead atoms.